The van der Waals surface area contributed by atoms with Gasteiger partial charge in [-0.3, -0.25) is 4.99 Å². The smallest absolute Gasteiger partial charge is 0.242 e. The highest BCUT2D eigenvalue weighted by molar-refractivity contribution is 7.89. The first-order chi connectivity index (χ1) is 14.3. The Morgan fingerprint density at radius 2 is 1.77 bits per heavy atom. The van der Waals surface area contributed by atoms with Crippen LogP contribution in [-0.4, -0.2) is 53.5 Å². The highest BCUT2D eigenvalue weighted by atomic mass is 32.2. The Kier molecular flexibility index (Phi) is 8.68. The quantitative estimate of drug-likeness (QED) is 0.470. The second-order valence-corrected chi connectivity index (χ2v) is 9.33. The molecule has 7 nitrogen and oxygen atoms in total. The predicted molar refractivity (Wildman–Crippen MR) is 122 cm³/mol. The van der Waals surface area contributed by atoms with E-state index < -0.39 is 10.0 Å². The molecule has 2 aromatic carbocycles. The molecule has 0 aliphatic carbocycles. The lowest BCUT2D eigenvalue weighted by Gasteiger charge is -2.18. The van der Waals surface area contributed by atoms with Crippen molar-refractivity contribution < 1.29 is 13.2 Å². The van der Waals surface area contributed by atoms with Crippen molar-refractivity contribution in [2.75, 3.05) is 34.8 Å². The van der Waals surface area contributed by atoms with Crippen LogP contribution in [0.3, 0.4) is 0 Å². The van der Waals surface area contributed by atoms with E-state index in [0.29, 0.717) is 28.9 Å². The number of methoxy groups -OCH3 is 1. The van der Waals surface area contributed by atoms with Gasteiger partial charge in [0.05, 0.1) is 12.0 Å². The average Bonchev–Trinajstić information content (AvgIpc) is 2.76. The number of sulfonamides is 1. The van der Waals surface area contributed by atoms with Crippen LogP contribution in [0.4, 0.5) is 0 Å². The third-order valence-electron chi connectivity index (χ3n) is 4.96. The van der Waals surface area contributed by atoms with Crippen molar-refractivity contribution in [2.24, 2.45) is 4.99 Å². The first-order valence-electron chi connectivity index (χ1n) is 9.88. The molecule has 0 fully saturated rings. The zero-order valence-corrected chi connectivity index (χ0v) is 19.2. The van der Waals surface area contributed by atoms with Crippen molar-refractivity contribution in [3.8, 4) is 5.75 Å². The normalized spacial score (nSPS) is 13.2. The SMILES string of the molecule is CN=C(NCCC(C)c1ccc(OC)cc1)NCc1ccccc1S(=O)(=O)N(C)C. The van der Waals surface area contributed by atoms with Crippen LogP contribution in [0.25, 0.3) is 0 Å². The molecule has 2 aromatic rings. The lowest BCUT2D eigenvalue weighted by Crippen LogP contribution is -2.38. The predicted octanol–water partition coefficient (Wildman–Crippen LogP) is 2.80. The summed E-state index contributed by atoms with van der Waals surface area (Å²) in [6.45, 7) is 3.28. The Hall–Kier alpha value is -2.58. The number of hydrogen-bond donors (Lipinski definition) is 2. The number of nitrogens with one attached hydrogen (secondary N) is 2. The van der Waals surface area contributed by atoms with Crippen LogP contribution >= 0.6 is 0 Å². The summed E-state index contributed by atoms with van der Waals surface area (Å²) < 4.78 is 31.5. The maximum Gasteiger partial charge on any atom is 0.242 e. The number of guanidine groups is 1. The van der Waals surface area contributed by atoms with Crippen LogP contribution in [0.2, 0.25) is 0 Å². The largest absolute Gasteiger partial charge is 0.497 e. The van der Waals surface area contributed by atoms with E-state index in [4.69, 9.17) is 4.74 Å². The van der Waals surface area contributed by atoms with Gasteiger partial charge in [0.2, 0.25) is 10.0 Å². The molecule has 0 amide bonds. The Morgan fingerprint density at radius 1 is 1.10 bits per heavy atom. The first-order valence-corrected chi connectivity index (χ1v) is 11.3. The van der Waals surface area contributed by atoms with Crippen molar-refractivity contribution in [1.82, 2.24) is 14.9 Å². The van der Waals surface area contributed by atoms with Crippen LogP contribution in [0, 0.1) is 0 Å². The molecule has 0 spiro atoms. The molecule has 8 heteroatoms. The van der Waals surface area contributed by atoms with E-state index in [1.165, 1.54) is 24.0 Å². The van der Waals surface area contributed by atoms with Gasteiger partial charge in [-0.15, -0.1) is 0 Å². The van der Waals surface area contributed by atoms with Gasteiger partial charge in [0.15, 0.2) is 5.96 Å². The minimum absolute atomic E-state index is 0.297. The van der Waals surface area contributed by atoms with E-state index in [2.05, 4.69) is 34.7 Å². The summed E-state index contributed by atoms with van der Waals surface area (Å²) in [6, 6.07) is 15.1. The van der Waals surface area contributed by atoms with Gasteiger partial charge in [0, 0.05) is 34.2 Å². The van der Waals surface area contributed by atoms with Crippen LogP contribution in [-0.2, 0) is 16.6 Å². The van der Waals surface area contributed by atoms with Crippen LogP contribution < -0.4 is 15.4 Å². The summed E-state index contributed by atoms with van der Waals surface area (Å²) >= 11 is 0. The van der Waals surface area contributed by atoms with Gasteiger partial charge >= 0.3 is 0 Å². The zero-order valence-electron chi connectivity index (χ0n) is 18.3. The van der Waals surface area contributed by atoms with Gasteiger partial charge in [0.1, 0.15) is 5.75 Å². The van der Waals surface area contributed by atoms with Gasteiger partial charge < -0.3 is 15.4 Å². The summed E-state index contributed by atoms with van der Waals surface area (Å²) in [5.41, 5.74) is 1.95. The molecule has 2 N–H and O–H groups in total. The maximum absolute atomic E-state index is 12.5. The molecule has 0 radical (unpaired) electrons. The van der Waals surface area contributed by atoms with Crippen LogP contribution in [0.15, 0.2) is 58.4 Å². The molecular weight excluding hydrogens is 400 g/mol. The second kappa shape index (κ2) is 11.0. The Balaban J connectivity index is 1.91. The molecule has 0 aliphatic rings. The molecule has 164 valence electrons. The van der Waals surface area contributed by atoms with Gasteiger partial charge in [0.25, 0.3) is 0 Å². The average molecular weight is 433 g/mol. The number of benzene rings is 2. The molecule has 0 aliphatic heterocycles. The summed E-state index contributed by atoms with van der Waals surface area (Å²) in [7, 11) is 2.92. The molecule has 1 atom stereocenters. The van der Waals surface area contributed by atoms with Crippen molar-refractivity contribution in [3.63, 3.8) is 0 Å². The van der Waals surface area contributed by atoms with Gasteiger partial charge in [-0.25, -0.2) is 12.7 Å². The standard InChI is InChI=1S/C22H32N4O3S/c1-17(18-10-12-20(29-5)13-11-18)14-15-24-22(23-2)25-16-19-8-6-7-9-21(19)30(27,28)26(3)4/h6-13,17H,14-16H2,1-5H3,(H2,23,24,25). The Bertz CT molecular complexity index is 941. The fourth-order valence-electron chi connectivity index (χ4n) is 3.00. The maximum atomic E-state index is 12.5. The number of aliphatic imine (C=N–C) groups is 1. The van der Waals surface area contributed by atoms with E-state index in [9.17, 15) is 8.42 Å². The minimum Gasteiger partial charge on any atom is -0.497 e. The molecule has 0 heterocycles. The fraction of sp³-hybridized carbons (Fsp3) is 0.409. The topological polar surface area (TPSA) is 83.0 Å². The van der Waals surface area contributed by atoms with E-state index >= 15 is 0 Å². The molecule has 0 bridgehead atoms. The van der Waals surface area contributed by atoms with Crippen LogP contribution in [0.5, 0.6) is 5.75 Å². The van der Waals surface area contributed by atoms with Crippen molar-refractivity contribution in [2.45, 2.75) is 30.7 Å². The lowest BCUT2D eigenvalue weighted by atomic mass is 9.98. The molecule has 0 saturated heterocycles. The van der Waals surface area contributed by atoms with Gasteiger partial charge in [-0.05, 0) is 41.7 Å². The van der Waals surface area contributed by atoms with E-state index in [-0.39, 0.29) is 0 Å². The summed E-state index contributed by atoms with van der Waals surface area (Å²) in [5, 5.41) is 6.50. The highest BCUT2D eigenvalue weighted by Gasteiger charge is 2.20. The van der Waals surface area contributed by atoms with E-state index in [1.54, 1.807) is 26.3 Å². The minimum atomic E-state index is -3.50. The molecular formula is C22H32N4O3S. The second-order valence-electron chi connectivity index (χ2n) is 7.21. The first kappa shape index (κ1) is 23.7. The van der Waals surface area contributed by atoms with E-state index in [0.717, 1.165) is 18.7 Å². The van der Waals surface area contributed by atoms with Crippen molar-refractivity contribution in [3.05, 3.63) is 59.7 Å². The third kappa shape index (κ3) is 6.21. The molecule has 2 rings (SSSR count). The number of hydrogen-bond acceptors (Lipinski definition) is 4. The van der Waals surface area contributed by atoms with Crippen molar-refractivity contribution in [1.29, 1.82) is 0 Å². The molecule has 30 heavy (non-hydrogen) atoms. The monoisotopic (exact) mass is 432 g/mol. The number of ether oxygens (including phenoxy) is 1. The number of rotatable bonds is 9. The highest BCUT2D eigenvalue weighted by Crippen LogP contribution is 2.21. The summed E-state index contributed by atoms with van der Waals surface area (Å²) in [6.07, 6.45) is 0.929. The fourth-order valence-corrected chi connectivity index (χ4v) is 4.12. The van der Waals surface area contributed by atoms with Crippen molar-refractivity contribution >= 4 is 16.0 Å². The lowest BCUT2D eigenvalue weighted by molar-refractivity contribution is 0.414. The van der Waals surface area contributed by atoms with E-state index in [1.807, 2.05) is 24.3 Å². The number of nitrogens with zero attached hydrogens (tertiary/aromatic N) is 2. The zero-order chi connectivity index (χ0) is 22.1. The Morgan fingerprint density at radius 3 is 2.37 bits per heavy atom. The summed E-state index contributed by atoms with van der Waals surface area (Å²) in [5.74, 6) is 1.87. The Labute approximate surface area is 180 Å². The molecule has 0 aromatic heterocycles. The summed E-state index contributed by atoms with van der Waals surface area (Å²) in [4.78, 5) is 4.54. The van der Waals surface area contributed by atoms with Crippen LogP contribution in [0.1, 0.15) is 30.4 Å². The molecule has 0 saturated carbocycles. The van der Waals surface area contributed by atoms with Gasteiger partial charge in [-0.1, -0.05) is 37.3 Å². The third-order valence-corrected chi connectivity index (χ3v) is 6.87. The molecule has 1 unspecified atom stereocenters. The van der Waals surface area contributed by atoms with Gasteiger partial charge in [-0.2, -0.15) is 0 Å².